The second kappa shape index (κ2) is 12.9. The first kappa shape index (κ1) is 28.8. The van der Waals surface area contributed by atoms with Crippen LogP contribution in [0.5, 0.6) is 11.5 Å². The van der Waals surface area contributed by atoms with Crippen LogP contribution in [0.2, 0.25) is 10.0 Å². The Morgan fingerprint density at radius 3 is 2.40 bits per heavy atom. The van der Waals surface area contributed by atoms with Crippen LogP contribution in [-0.2, 0) is 28.4 Å². The third kappa shape index (κ3) is 6.66. The lowest BCUT2D eigenvalue weighted by Crippen LogP contribution is -2.45. The molecule has 0 unspecified atom stereocenters. The van der Waals surface area contributed by atoms with Crippen molar-refractivity contribution < 1.29 is 18.9 Å². The number of methoxy groups -OCH3 is 1. The van der Waals surface area contributed by atoms with E-state index in [1.54, 1.807) is 30.3 Å². The predicted molar refractivity (Wildman–Crippen MR) is 161 cm³/mol. The highest BCUT2D eigenvalue weighted by molar-refractivity contribution is 6.35. The van der Waals surface area contributed by atoms with Gasteiger partial charge in [0.25, 0.3) is 0 Å². The lowest BCUT2D eigenvalue weighted by atomic mass is 10.1. The maximum absolute atomic E-state index is 6.56. The molecule has 0 aliphatic carbocycles. The molecule has 9 nitrogen and oxygen atoms in total. The summed E-state index contributed by atoms with van der Waals surface area (Å²) >= 11 is 12.7. The summed E-state index contributed by atoms with van der Waals surface area (Å²) in [5.74, 6) is 0.529. The predicted octanol–water partition coefficient (Wildman–Crippen LogP) is 5.26. The molecule has 1 aromatic heterocycles. The monoisotopic (exact) mass is 609 g/mol. The fraction of sp³-hybridized carbons (Fsp3) is 0.355. The van der Waals surface area contributed by atoms with E-state index in [9.17, 15) is 0 Å². The molecular weight excluding hydrogens is 577 g/mol. The van der Waals surface area contributed by atoms with Crippen molar-refractivity contribution in [2.45, 2.75) is 25.0 Å². The minimum absolute atomic E-state index is 0.285. The molecule has 3 heterocycles. The van der Waals surface area contributed by atoms with Gasteiger partial charge in [-0.1, -0.05) is 41.4 Å². The van der Waals surface area contributed by atoms with Gasteiger partial charge in [-0.25, -0.2) is 9.67 Å². The summed E-state index contributed by atoms with van der Waals surface area (Å²) in [7, 11) is 1.69. The van der Waals surface area contributed by atoms with E-state index in [2.05, 4.69) is 44.1 Å². The Hall–Kier alpha value is -3.34. The molecule has 0 amide bonds. The zero-order chi connectivity index (χ0) is 28.9. The number of piperazine rings is 1. The quantitative estimate of drug-likeness (QED) is 0.241. The highest BCUT2D eigenvalue weighted by Crippen LogP contribution is 2.40. The van der Waals surface area contributed by atoms with Crippen LogP contribution < -0.4 is 14.4 Å². The fourth-order valence-corrected chi connectivity index (χ4v) is 5.93. The number of anilines is 1. The number of aromatic nitrogens is 3. The third-order valence-electron chi connectivity index (χ3n) is 7.61. The van der Waals surface area contributed by atoms with E-state index in [1.807, 2.05) is 30.3 Å². The molecule has 6 rings (SSSR count). The molecule has 0 spiro atoms. The number of hydrogen-bond acceptors (Lipinski definition) is 8. The molecule has 4 aromatic rings. The van der Waals surface area contributed by atoms with Crippen molar-refractivity contribution in [2.24, 2.45) is 0 Å². The zero-order valence-corrected chi connectivity index (χ0v) is 24.9. The summed E-state index contributed by atoms with van der Waals surface area (Å²) < 4.78 is 25.7. The topological polar surface area (TPSA) is 74.1 Å². The summed E-state index contributed by atoms with van der Waals surface area (Å²) in [4.78, 5) is 8.94. The van der Waals surface area contributed by atoms with Crippen LogP contribution in [-0.4, -0.2) is 72.3 Å². The number of rotatable bonds is 10. The molecule has 2 aliphatic heterocycles. The van der Waals surface area contributed by atoms with E-state index in [-0.39, 0.29) is 12.6 Å². The first-order valence-electron chi connectivity index (χ1n) is 13.9. The van der Waals surface area contributed by atoms with Crippen LogP contribution in [0.1, 0.15) is 11.1 Å². The Balaban J connectivity index is 1.02. The fourth-order valence-electron chi connectivity index (χ4n) is 5.38. The molecule has 0 bridgehead atoms. The minimum atomic E-state index is -1.14. The van der Waals surface area contributed by atoms with E-state index in [0.717, 1.165) is 44.2 Å². The van der Waals surface area contributed by atoms with Gasteiger partial charge in [-0.05, 0) is 54.1 Å². The summed E-state index contributed by atoms with van der Waals surface area (Å²) in [6.07, 6.45) is 2.78. The van der Waals surface area contributed by atoms with Gasteiger partial charge in [-0.2, -0.15) is 5.10 Å². The van der Waals surface area contributed by atoms with Gasteiger partial charge in [0, 0.05) is 49.0 Å². The van der Waals surface area contributed by atoms with Gasteiger partial charge >= 0.3 is 0 Å². The Kier molecular flexibility index (Phi) is 8.83. The molecular formula is C31H33Cl2N5O4. The molecule has 42 heavy (non-hydrogen) atoms. The van der Waals surface area contributed by atoms with Gasteiger partial charge in [0.05, 0.1) is 18.7 Å². The van der Waals surface area contributed by atoms with Crippen molar-refractivity contribution in [3.05, 3.63) is 101 Å². The normalized spacial score (nSPS) is 21.0. The van der Waals surface area contributed by atoms with Crippen molar-refractivity contribution in [2.75, 3.05) is 51.4 Å². The van der Waals surface area contributed by atoms with Crippen LogP contribution >= 0.6 is 23.2 Å². The van der Waals surface area contributed by atoms with Crippen LogP contribution in [0.4, 0.5) is 5.69 Å². The van der Waals surface area contributed by atoms with Crippen LogP contribution in [0.15, 0.2) is 79.4 Å². The molecule has 0 radical (unpaired) electrons. The number of ether oxygens (including phenoxy) is 4. The summed E-state index contributed by atoms with van der Waals surface area (Å²) in [6.45, 7) is 5.87. The molecule has 0 N–H and O–H groups in total. The second-order valence-electron chi connectivity index (χ2n) is 10.4. The molecule has 11 heteroatoms. The highest BCUT2D eigenvalue weighted by atomic mass is 35.5. The van der Waals surface area contributed by atoms with Crippen molar-refractivity contribution >= 4 is 28.9 Å². The third-order valence-corrected chi connectivity index (χ3v) is 8.16. The average Bonchev–Trinajstić information content (AvgIpc) is 3.68. The van der Waals surface area contributed by atoms with Crippen molar-refractivity contribution in [1.29, 1.82) is 0 Å². The van der Waals surface area contributed by atoms with Crippen LogP contribution in [0.25, 0.3) is 0 Å². The maximum Gasteiger partial charge on any atom is 0.217 e. The smallest absolute Gasteiger partial charge is 0.217 e. The molecule has 2 fully saturated rings. The number of nitrogens with zero attached hydrogens (tertiary/aromatic N) is 5. The molecule has 220 valence electrons. The van der Waals surface area contributed by atoms with E-state index in [0.29, 0.717) is 28.8 Å². The molecule has 2 saturated heterocycles. The minimum Gasteiger partial charge on any atom is -0.497 e. The van der Waals surface area contributed by atoms with E-state index in [4.69, 9.17) is 42.1 Å². The molecule has 2 atom stereocenters. The first-order chi connectivity index (χ1) is 20.5. The van der Waals surface area contributed by atoms with Crippen LogP contribution in [0.3, 0.4) is 0 Å². The van der Waals surface area contributed by atoms with Gasteiger partial charge < -0.3 is 23.8 Å². The summed E-state index contributed by atoms with van der Waals surface area (Å²) in [5, 5.41) is 5.22. The van der Waals surface area contributed by atoms with Gasteiger partial charge in [0.1, 0.15) is 43.4 Å². The molecule has 2 aliphatic rings. The maximum atomic E-state index is 6.56. The van der Waals surface area contributed by atoms with E-state index in [1.165, 1.54) is 17.6 Å². The second-order valence-corrected chi connectivity index (χ2v) is 11.3. The van der Waals surface area contributed by atoms with E-state index >= 15 is 0 Å². The Morgan fingerprint density at radius 2 is 1.71 bits per heavy atom. The molecule has 0 saturated carbocycles. The largest absolute Gasteiger partial charge is 0.497 e. The van der Waals surface area contributed by atoms with Crippen LogP contribution in [0, 0.1) is 0 Å². The van der Waals surface area contributed by atoms with E-state index < -0.39 is 5.79 Å². The number of benzene rings is 3. The van der Waals surface area contributed by atoms with Gasteiger partial charge in [0.15, 0.2) is 0 Å². The summed E-state index contributed by atoms with van der Waals surface area (Å²) in [5.41, 5.74) is 3.17. The molecule has 3 aromatic carbocycles. The highest BCUT2D eigenvalue weighted by Gasteiger charge is 2.45. The lowest BCUT2D eigenvalue weighted by Gasteiger charge is -2.36. The SMILES string of the molecule is COc1ccc(CN2CCN(c3ccc(OC[C@@H]4CO[C@@](Cn5cncn5)(c5ccc(Cl)cc5Cl)O4)cc3)CC2)cc1. The van der Waals surface area contributed by atoms with Crippen molar-refractivity contribution in [3.8, 4) is 11.5 Å². The van der Waals surface area contributed by atoms with Gasteiger partial charge in [-0.15, -0.1) is 0 Å². The van der Waals surface area contributed by atoms with Crippen molar-refractivity contribution in [3.63, 3.8) is 0 Å². The Labute approximate surface area is 255 Å². The van der Waals surface area contributed by atoms with Gasteiger partial charge in [-0.3, -0.25) is 4.90 Å². The average molecular weight is 611 g/mol. The Morgan fingerprint density at radius 1 is 0.952 bits per heavy atom. The van der Waals surface area contributed by atoms with Crippen molar-refractivity contribution in [1.82, 2.24) is 19.7 Å². The Bertz CT molecular complexity index is 1450. The van der Waals surface area contributed by atoms with Gasteiger partial charge in [0.2, 0.25) is 5.79 Å². The first-order valence-corrected chi connectivity index (χ1v) is 14.7. The number of hydrogen-bond donors (Lipinski definition) is 0. The zero-order valence-electron chi connectivity index (χ0n) is 23.4. The summed E-state index contributed by atoms with van der Waals surface area (Å²) in [6, 6.07) is 21.8. The standard InChI is InChI=1S/C31H33Cl2N5O4/c1-39-26-7-2-23(3-8-26)17-36-12-14-37(15-13-36)25-5-9-27(10-6-25)40-18-28-19-41-31(42-28,20-38-22-34-21-35-38)29-11-4-24(32)16-30(29)33/h2-11,16,21-22,28H,12-15,17-20H2,1H3/t28-,31-/m1/s1. The lowest BCUT2D eigenvalue weighted by molar-refractivity contribution is -0.190. The number of halogens is 2.